The Morgan fingerprint density at radius 2 is 1.69 bits per heavy atom. The van der Waals surface area contributed by atoms with Gasteiger partial charge < -0.3 is 5.32 Å². The number of rotatable bonds is 6. The van der Waals surface area contributed by atoms with Gasteiger partial charge in [0.1, 0.15) is 5.82 Å². The minimum Gasteiger partial charge on any atom is -0.340 e. The molecular formula is C19H17N3O3S. The van der Waals surface area contributed by atoms with Gasteiger partial charge in [0.25, 0.3) is 10.0 Å². The number of hydrogen-bond donors (Lipinski definition) is 2. The second-order valence-corrected chi connectivity index (χ2v) is 7.30. The standard InChI is InChI=1S/C19H17N3O3S/c1-14(23)15-6-5-7-16(12-15)21-19-11-10-17(13-20-19)22-26(24,25)18-8-3-2-4-9-18/h2-13,22H,1H3,(H,20,21). The van der Waals surface area contributed by atoms with E-state index in [1.165, 1.54) is 25.3 Å². The second kappa shape index (κ2) is 7.37. The summed E-state index contributed by atoms with van der Waals surface area (Å²) in [5.41, 5.74) is 1.68. The molecule has 0 aliphatic heterocycles. The normalized spacial score (nSPS) is 11.0. The molecule has 0 aliphatic carbocycles. The smallest absolute Gasteiger partial charge is 0.261 e. The van der Waals surface area contributed by atoms with Crippen molar-refractivity contribution in [3.63, 3.8) is 0 Å². The van der Waals surface area contributed by atoms with Crippen LogP contribution in [-0.4, -0.2) is 19.2 Å². The summed E-state index contributed by atoms with van der Waals surface area (Å²) in [5.74, 6) is 0.514. The number of sulfonamides is 1. The lowest BCUT2D eigenvalue weighted by molar-refractivity contribution is 0.101. The highest BCUT2D eigenvalue weighted by atomic mass is 32.2. The maximum absolute atomic E-state index is 12.3. The minimum absolute atomic E-state index is 0.0210. The van der Waals surface area contributed by atoms with Crippen molar-refractivity contribution in [2.75, 3.05) is 10.0 Å². The van der Waals surface area contributed by atoms with E-state index in [-0.39, 0.29) is 10.7 Å². The number of ketones is 1. The first-order chi connectivity index (χ1) is 12.4. The number of benzene rings is 2. The first-order valence-electron chi connectivity index (χ1n) is 7.86. The molecule has 3 aromatic rings. The van der Waals surface area contributed by atoms with Crippen molar-refractivity contribution < 1.29 is 13.2 Å². The van der Waals surface area contributed by atoms with Crippen LogP contribution in [-0.2, 0) is 10.0 Å². The first-order valence-corrected chi connectivity index (χ1v) is 9.34. The van der Waals surface area contributed by atoms with Gasteiger partial charge in [-0.2, -0.15) is 0 Å². The average molecular weight is 367 g/mol. The van der Waals surface area contributed by atoms with E-state index < -0.39 is 10.0 Å². The maximum atomic E-state index is 12.3. The van der Waals surface area contributed by atoms with Gasteiger partial charge in [-0.05, 0) is 43.3 Å². The number of nitrogens with zero attached hydrogens (tertiary/aromatic N) is 1. The molecule has 132 valence electrons. The van der Waals surface area contributed by atoms with Crippen molar-refractivity contribution in [1.82, 2.24) is 4.98 Å². The summed E-state index contributed by atoms with van der Waals surface area (Å²) in [6.07, 6.45) is 1.43. The van der Waals surface area contributed by atoms with E-state index in [2.05, 4.69) is 15.0 Å². The summed E-state index contributed by atoms with van der Waals surface area (Å²) < 4.78 is 27.1. The number of carbonyl (C=O) groups excluding carboxylic acids is 1. The van der Waals surface area contributed by atoms with Crippen LogP contribution in [0.15, 0.2) is 77.8 Å². The second-order valence-electron chi connectivity index (χ2n) is 5.61. The fourth-order valence-corrected chi connectivity index (χ4v) is 3.37. The summed E-state index contributed by atoms with van der Waals surface area (Å²) in [7, 11) is -3.65. The molecule has 0 radical (unpaired) electrons. The lowest BCUT2D eigenvalue weighted by Gasteiger charge is -2.10. The molecule has 0 spiro atoms. The van der Waals surface area contributed by atoms with Crippen LogP contribution in [0.3, 0.4) is 0 Å². The SMILES string of the molecule is CC(=O)c1cccc(Nc2ccc(NS(=O)(=O)c3ccccc3)cn2)c1. The summed E-state index contributed by atoms with van der Waals surface area (Å²) in [6, 6.07) is 18.5. The molecule has 26 heavy (non-hydrogen) atoms. The molecule has 0 amide bonds. The minimum atomic E-state index is -3.65. The van der Waals surface area contributed by atoms with Crippen LogP contribution in [0.5, 0.6) is 0 Å². The largest absolute Gasteiger partial charge is 0.340 e. The molecule has 0 saturated heterocycles. The Hall–Kier alpha value is -3.19. The van der Waals surface area contributed by atoms with E-state index in [4.69, 9.17) is 0 Å². The molecule has 1 heterocycles. The van der Waals surface area contributed by atoms with Gasteiger partial charge in [-0.3, -0.25) is 9.52 Å². The van der Waals surface area contributed by atoms with E-state index in [0.29, 0.717) is 17.1 Å². The fourth-order valence-electron chi connectivity index (χ4n) is 2.31. The third-order valence-corrected chi connectivity index (χ3v) is 5.01. The highest BCUT2D eigenvalue weighted by molar-refractivity contribution is 7.92. The number of aromatic nitrogens is 1. The van der Waals surface area contributed by atoms with Crippen LogP contribution in [0.1, 0.15) is 17.3 Å². The zero-order valence-corrected chi connectivity index (χ0v) is 14.8. The lowest BCUT2D eigenvalue weighted by atomic mass is 10.1. The third-order valence-electron chi connectivity index (χ3n) is 3.61. The molecular weight excluding hydrogens is 350 g/mol. The Morgan fingerprint density at radius 3 is 2.35 bits per heavy atom. The molecule has 0 saturated carbocycles. The van der Waals surface area contributed by atoms with Gasteiger partial charge in [0.15, 0.2) is 5.78 Å². The Labute approximate surface area is 152 Å². The molecule has 6 nitrogen and oxygen atoms in total. The van der Waals surface area contributed by atoms with Crippen molar-refractivity contribution in [3.05, 3.63) is 78.5 Å². The van der Waals surface area contributed by atoms with Gasteiger partial charge in [0.05, 0.1) is 16.8 Å². The highest BCUT2D eigenvalue weighted by Gasteiger charge is 2.13. The third kappa shape index (κ3) is 4.25. The summed E-state index contributed by atoms with van der Waals surface area (Å²) in [4.78, 5) is 15.8. The van der Waals surface area contributed by atoms with Crippen LogP contribution in [0, 0.1) is 0 Å². The number of nitrogens with one attached hydrogen (secondary N) is 2. The van der Waals surface area contributed by atoms with Gasteiger partial charge in [-0.1, -0.05) is 30.3 Å². The molecule has 0 bridgehead atoms. The summed E-state index contributed by atoms with van der Waals surface area (Å²) in [6.45, 7) is 1.50. The number of Topliss-reactive ketones (excluding diaryl/α,β-unsaturated/α-hetero) is 1. The van der Waals surface area contributed by atoms with Crippen molar-refractivity contribution in [1.29, 1.82) is 0 Å². The maximum Gasteiger partial charge on any atom is 0.261 e. The molecule has 0 unspecified atom stereocenters. The predicted molar refractivity (Wildman–Crippen MR) is 101 cm³/mol. The van der Waals surface area contributed by atoms with Crippen molar-refractivity contribution in [3.8, 4) is 0 Å². The molecule has 7 heteroatoms. The molecule has 0 fully saturated rings. The highest BCUT2D eigenvalue weighted by Crippen LogP contribution is 2.19. The molecule has 1 aromatic heterocycles. The molecule has 2 aromatic carbocycles. The first kappa shape index (κ1) is 17.6. The Bertz CT molecular complexity index is 1020. The molecule has 0 aliphatic rings. The van der Waals surface area contributed by atoms with Crippen LogP contribution in [0.2, 0.25) is 0 Å². The Kier molecular flexibility index (Phi) is 4.99. The molecule has 3 rings (SSSR count). The van der Waals surface area contributed by atoms with Crippen molar-refractivity contribution >= 4 is 33.0 Å². The summed E-state index contributed by atoms with van der Waals surface area (Å²) >= 11 is 0. The van der Waals surface area contributed by atoms with E-state index in [1.54, 1.807) is 48.5 Å². The number of hydrogen-bond acceptors (Lipinski definition) is 5. The van der Waals surface area contributed by atoms with Crippen LogP contribution in [0.4, 0.5) is 17.2 Å². The predicted octanol–water partition coefficient (Wildman–Crippen LogP) is 3.83. The van der Waals surface area contributed by atoms with Crippen LogP contribution < -0.4 is 10.0 Å². The van der Waals surface area contributed by atoms with E-state index in [9.17, 15) is 13.2 Å². The van der Waals surface area contributed by atoms with Crippen molar-refractivity contribution in [2.45, 2.75) is 11.8 Å². The van der Waals surface area contributed by atoms with E-state index >= 15 is 0 Å². The quantitative estimate of drug-likeness (QED) is 0.647. The van der Waals surface area contributed by atoms with Gasteiger partial charge >= 0.3 is 0 Å². The van der Waals surface area contributed by atoms with Crippen LogP contribution in [0.25, 0.3) is 0 Å². The topological polar surface area (TPSA) is 88.2 Å². The number of anilines is 3. The zero-order chi connectivity index (χ0) is 18.6. The molecule has 2 N–H and O–H groups in total. The monoisotopic (exact) mass is 367 g/mol. The van der Waals surface area contributed by atoms with Crippen molar-refractivity contribution in [2.24, 2.45) is 0 Å². The van der Waals surface area contributed by atoms with E-state index in [0.717, 1.165) is 5.69 Å². The average Bonchev–Trinajstić information content (AvgIpc) is 2.64. The number of carbonyl (C=O) groups is 1. The fraction of sp³-hybridized carbons (Fsp3) is 0.0526. The van der Waals surface area contributed by atoms with E-state index in [1.807, 2.05) is 6.07 Å². The lowest BCUT2D eigenvalue weighted by Crippen LogP contribution is -2.13. The Morgan fingerprint density at radius 1 is 0.923 bits per heavy atom. The van der Waals surface area contributed by atoms with Gasteiger partial charge in [0.2, 0.25) is 0 Å². The van der Waals surface area contributed by atoms with Gasteiger partial charge in [0, 0.05) is 11.3 Å². The number of pyridine rings is 1. The van der Waals surface area contributed by atoms with Gasteiger partial charge in [-0.25, -0.2) is 13.4 Å². The van der Waals surface area contributed by atoms with Gasteiger partial charge in [-0.15, -0.1) is 0 Å². The van der Waals surface area contributed by atoms with Crippen LogP contribution >= 0.6 is 0 Å². The summed E-state index contributed by atoms with van der Waals surface area (Å²) in [5, 5.41) is 3.08. The molecule has 0 atom stereocenters. The zero-order valence-electron chi connectivity index (χ0n) is 14.0. The Balaban J connectivity index is 1.73.